The Morgan fingerprint density at radius 1 is 1.10 bits per heavy atom. The minimum absolute atomic E-state index is 0.0852. The molecule has 0 aliphatic carbocycles. The molecule has 0 saturated heterocycles. The molecule has 1 aromatic carbocycles. The molecule has 30 heavy (non-hydrogen) atoms. The average Bonchev–Trinajstić information content (AvgIpc) is 3.28. The van der Waals surface area contributed by atoms with Gasteiger partial charge in [-0.15, -0.1) is 0 Å². The van der Waals surface area contributed by atoms with Crippen molar-refractivity contribution < 1.29 is 18.7 Å². The van der Waals surface area contributed by atoms with Gasteiger partial charge in [0.05, 0.1) is 6.26 Å². The fourth-order valence-electron chi connectivity index (χ4n) is 2.74. The van der Waals surface area contributed by atoms with Crippen molar-refractivity contribution in [1.29, 1.82) is 0 Å². The molecule has 0 fully saturated rings. The van der Waals surface area contributed by atoms with Gasteiger partial charge in [-0.3, -0.25) is 9.59 Å². The molecule has 0 aliphatic heterocycles. The van der Waals surface area contributed by atoms with Gasteiger partial charge in [0.15, 0.2) is 5.76 Å². The van der Waals surface area contributed by atoms with E-state index in [1.165, 1.54) is 6.26 Å². The SMILES string of the molecule is Cc1ccc(C)c(Oc2ccc(CNC(=O)CCCNC(=O)c3ccco3)cn2)c1. The van der Waals surface area contributed by atoms with Crippen LogP contribution >= 0.6 is 0 Å². The molecular formula is C23H25N3O4. The Bertz CT molecular complexity index is 982. The number of pyridine rings is 1. The quantitative estimate of drug-likeness (QED) is 0.525. The molecule has 2 amide bonds. The summed E-state index contributed by atoms with van der Waals surface area (Å²) in [5.41, 5.74) is 3.04. The largest absolute Gasteiger partial charge is 0.459 e. The van der Waals surface area contributed by atoms with Crippen molar-refractivity contribution in [3.63, 3.8) is 0 Å². The maximum Gasteiger partial charge on any atom is 0.286 e. The van der Waals surface area contributed by atoms with Gasteiger partial charge in [-0.2, -0.15) is 0 Å². The van der Waals surface area contributed by atoms with Crippen LogP contribution in [0.15, 0.2) is 59.3 Å². The lowest BCUT2D eigenvalue weighted by molar-refractivity contribution is -0.121. The van der Waals surface area contributed by atoms with Crippen LogP contribution in [-0.2, 0) is 11.3 Å². The smallest absolute Gasteiger partial charge is 0.286 e. The van der Waals surface area contributed by atoms with Gasteiger partial charge in [0, 0.05) is 31.8 Å². The van der Waals surface area contributed by atoms with Crippen molar-refractivity contribution in [2.24, 2.45) is 0 Å². The van der Waals surface area contributed by atoms with E-state index in [0.717, 1.165) is 22.4 Å². The van der Waals surface area contributed by atoms with E-state index < -0.39 is 0 Å². The molecule has 0 radical (unpaired) electrons. The minimum atomic E-state index is -0.283. The standard InChI is InChI=1S/C23H25N3O4/c1-16-7-8-17(2)20(13-16)30-22-10-9-18(15-26-22)14-25-21(27)6-3-11-24-23(28)19-5-4-12-29-19/h4-5,7-10,12-13,15H,3,6,11,14H2,1-2H3,(H,24,28)(H,25,27). The topological polar surface area (TPSA) is 93.5 Å². The van der Waals surface area contributed by atoms with Crippen molar-refractivity contribution in [2.45, 2.75) is 33.2 Å². The summed E-state index contributed by atoms with van der Waals surface area (Å²) in [6.45, 7) is 4.78. The molecule has 7 heteroatoms. The highest BCUT2D eigenvalue weighted by Gasteiger charge is 2.08. The molecule has 156 valence electrons. The highest BCUT2D eigenvalue weighted by molar-refractivity contribution is 5.91. The van der Waals surface area contributed by atoms with Crippen LogP contribution in [0.1, 0.15) is 40.1 Å². The molecular weight excluding hydrogens is 382 g/mol. The van der Waals surface area contributed by atoms with E-state index in [1.54, 1.807) is 24.4 Å². The second kappa shape index (κ2) is 10.2. The Hall–Kier alpha value is -3.61. The second-order valence-corrected chi connectivity index (χ2v) is 6.99. The molecule has 0 saturated carbocycles. The molecule has 3 aromatic rings. The lowest BCUT2D eigenvalue weighted by atomic mass is 10.1. The molecule has 0 spiro atoms. The van der Waals surface area contributed by atoms with E-state index in [9.17, 15) is 9.59 Å². The van der Waals surface area contributed by atoms with E-state index in [2.05, 4.69) is 15.6 Å². The molecule has 3 rings (SSSR count). The summed E-state index contributed by atoms with van der Waals surface area (Å²) in [6, 6.07) is 12.9. The Labute approximate surface area is 175 Å². The Morgan fingerprint density at radius 3 is 2.70 bits per heavy atom. The number of rotatable bonds is 9. The van der Waals surface area contributed by atoms with Crippen molar-refractivity contribution in [3.8, 4) is 11.6 Å². The maximum atomic E-state index is 12.0. The van der Waals surface area contributed by atoms with Gasteiger partial charge in [-0.05, 0) is 55.2 Å². The first-order valence-corrected chi connectivity index (χ1v) is 9.80. The molecule has 0 aliphatic rings. The number of nitrogens with one attached hydrogen (secondary N) is 2. The van der Waals surface area contributed by atoms with Crippen LogP contribution in [0.25, 0.3) is 0 Å². The number of carbonyl (C=O) groups excluding carboxylic acids is 2. The molecule has 0 atom stereocenters. The number of hydrogen-bond acceptors (Lipinski definition) is 5. The normalized spacial score (nSPS) is 10.5. The van der Waals surface area contributed by atoms with Crippen LogP contribution in [0.2, 0.25) is 0 Å². The van der Waals surface area contributed by atoms with Crippen LogP contribution in [0.4, 0.5) is 0 Å². The number of benzene rings is 1. The highest BCUT2D eigenvalue weighted by atomic mass is 16.5. The number of hydrogen-bond donors (Lipinski definition) is 2. The maximum absolute atomic E-state index is 12.0. The summed E-state index contributed by atoms with van der Waals surface area (Å²) in [7, 11) is 0. The van der Waals surface area contributed by atoms with Gasteiger partial charge in [0.25, 0.3) is 5.91 Å². The number of amides is 2. The molecule has 2 N–H and O–H groups in total. The van der Waals surface area contributed by atoms with E-state index in [4.69, 9.17) is 9.15 Å². The first-order valence-electron chi connectivity index (χ1n) is 9.80. The molecule has 2 heterocycles. The van der Waals surface area contributed by atoms with Crippen molar-refractivity contribution in [1.82, 2.24) is 15.6 Å². The van der Waals surface area contributed by atoms with Crippen molar-refractivity contribution in [2.75, 3.05) is 6.54 Å². The number of aromatic nitrogens is 1. The monoisotopic (exact) mass is 407 g/mol. The number of aryl methyl sites for hydroxylation is 2. The third-order valence-corrected chi connectivity index (χ3v) is 4.46. The first kappa shape index (κ1) is 21.1. The van der Waals surface area contributed by atoms with Crippen molar-refractivity contribution in [3.05, 3.63) is 77.4 Å². The Kier molecular flexibility index (Phi) is 7.21. The number of carbonyl (C=O) groups is 2. The fourth-order valence-corrected chi connectivity index (χ4v) is 2.74. The zero-order valence-corrected chi connectivity index (χ0v) is 17.1. The number of furan rings is 1. The third kappa shape index (κ3) is 6.20. The van der Waals surface area contributed by atoms with Crippen LogP contribution in [-0.4, -0.2) is 23.3 Å². The second-order valence-electron chi connectivity index (χ2n) is 6.99. The predicted octanol–water partition coefficient (Wildman–Crippen LogP) is 3.91. The molecule has 2 aromatic heterocycles. The van der Waals surface area contributed by atoms with Crippen LogP contribution in [0.5, 0.6) is 11.6 Å². The summed E-state index contributed by atoms with van der Waals surface area (Å²) in [5, 5.41) is 5.56. The van der Waals surface area contributed by atoms with Crippen LogP contribution in [0, 0.1) is 13.8 Å². The average molecular weight is 407 g/mol. The lowest BCUT2D eigenvalue weighted by Crippen LogP contribution is -2.27. The van der Waals surface area contributed by atoms with E-state index in [1.807, 2.05) is 38.1 Å². The molecule has 0 unspecified atom stereocenters. The Morgan fingerprint density at radius 2 is 1.97 bits per heavy atom. The Balaban J connectivity index is 1.37. The van der Waals surface area contributed by atoms with Crippen LogP contribution in [0.3, 0.4) is 0 Å². The van der Waals surface area contributed by atoms with E-state index >= 15 is 0 Å². The first-order chi connectivity index (χ1) is 14.5. The number of nitrogens with zero attached hydrogens (tertiary/aromatic N) is 1. The van der Waals surface area contributed by atoms with Gasteiger partial charge < -0.3 is 19.8 Å². The number of ether oxygens (including phenoxy) is 1. The summed E-state index contributed by atoms with van der Waals surface area (Å²) in [4.78, 5) is 28.0. The molecule has 0 bridgehead atoms. The fraction of sp³-hybridized carbons (Fsp3) is 0.261. The van der Waals surface area contributed by atoms with Gasteiger partial charge in [0.2, 0.25) is 11.8 Å². The van der Waals surface area contributed by atoms with Crippen molar-refractivity contribution >= 4 is 11.8 Å². The van der Waals surface area contributed by atoms with Crippen LogP contribution < -0.4 is 15.4 Å². The minimum Gasteiger partial charge on any atom is -0.459 e. The summed E-state index contributed by atoms with van der Waals surface area (Å²) in [5.74, 6) is 1.18. The van der Waals surface area contributed by atoms with Gasteiger partial charge in [-0.25, -0.2) is 4.98 Å². The predicted molar refractivity (Wildman–Crippen MR) is 112 cm³/mol. The van der Waals surface area contributed by atoms with Gasteiger partial charge in [0.1, 0.15) is 5.75 Å². The lowest BCUT2D eigenvalue weighted by Gasteiger charge is -2.10. The van der Waals surface area contributed by atoms with E-state index in [-0.39, 0.29) is 17.6 Å². The highest BCUT2D eigenvalue weighted by Crippen LogP contribution is 2.24. The summed E-state index contributed by atoms with van der Waals surface area (Å²) < 4.78 is 10.8. The van der Waals surface area contributed by atoms with E-state index in [0.29, 0.717) is 31.8 Å². The summed E-state index contributed by atoms with van der Waals surface area (Å²) >= 11 is 0. The zero-order chi connectivity index (χ0) is 21.3. The third-order valence-electron chi connectivity index (χ3n) is 4.46. The van der Waals surface area contributed by atoms with Gasteiger partial charge in [-0.1, -0.05) is 18.2 Å². The van der Waals surface area contributed by atoms with Gasteiger partial charge >= 0.3 is 0 Å². The summed E-state index contributed by atoms with van der Waals surface area (Å²) in [6.07, 6.45) is 3.99. The zero-order valence-electron chi connectivity index (χ0n) is 17.1. The molecule has 7 nitrogen and oxygen atoms in total.